The molecule has 0 unspecified atom stereocenters. The maximum Gasteiger partial charge on any atom is 0.160 e. The predicted molar refractivity (Wildman–Crippen MR) is 47.9 cm³/mol. The van der Waals surface area contributed by atoms with Crippen LogP contribution in [0.15, 0.2) is 16.6 Å². The Bertz CT molecular complexity index is 250. The number of anilines is 1. The molecule has 0 bridgehead atoms. The lowest BCUT2D eigenvalue weighted by atomic mass is 10.1. The van der Waals surface area contributed by atoms with E-state index in [4.69, 9.17) is 5.73 Å². The first-order valence-corrected chi connectivity index (χ1v) is 4.17. The largest absolute Gasteiger partial charge is 0.396 e. The normalized spacial score (nSPS) is 10.1. The van der Waals surface area contributed by atoms with Crippen molar-refractivity contribution in [2.75, 3.05) is 5.73 Å². The number of halogens is 2. The summed E-state index contributed by atoms with van der Waals surface area (Å²) in [5.74, 6) is -0.373. The summed E-state index contributed by atoms with van der Waals surface area (Å²) in [6.45, 7) is 2.00. The smallest absolute Gasteiger partial charge is 0.160 e. The van der Waals surface area contributed by atoms with Gasteiger partial charge >= 0.3 is 0 Å². The highest BCUT2D eigenvalue weighted by atomic mass is 79.9. The monoisotopic (exact) mass is 217 g/mol. The Kier molecular flexibility index (Phi) is 2.49. The molecule has 2 N–H and O–H groups in total. The van der Waals surface area contributed by atoms with Crippen molar-refractivity contribution in [2.24, 2.45) is 0 Å². The van der Waals surface area contributed by atoms with Crippen LogP contribution < -0.4 is 5.73 Å². The van der Waals surface area contributed by atoms with Crippen LogP contribution in [-0.4, -0.2) is 0 Å². The molecular weight excluding hydrogens is 209 g/mol. The molecule has 1 rings (SSSR count). The van der Waals surface area contributed by atoms with Crippen LogP contribution in [0.25, 0.3) is 0 Å². The fraction of sp³-hybridized carbons (Fsp3) is 0.250. The van der Waals surface area contributed by atoms with Crippen LogP contribution >= 0.6 is 15.9 Å². The van der Waals surface area contributed by atoms with E-state index < -0.39 is 0 Å². The molecule has 0 aliphatic heterocycles. The van der Waals surface area contributed by atoms with E-state index >= 15 is 0 Å². The van der Waals surface area contributed by atoms with Crippen LogP contribution in [0.2, 0.25) is 0 Å². The van der Waals surface area contributed by atoms with E-state index in [-0.39, 0.29) is 11.5 Å². The summed E-state index contributed by atoms with van der Waals surface area (Å²) in [7, 11) is 0. The maximum atomic E-state index is 12.9. The maximum absolute atomic E-state index is 12.9. The zero-order valence-corrected chi connectivity index (χ0v) is 7.78. The first-order chi connectivity index (χ1) is 5.15. The molecule has 0 heterocycles. The van der Waals surface area contributed by atoms with Crippen LogP contribution in [0.3, 0.4) is 0 Å². The second kappa shape index (κ2) is 3.22. The number of rotatable bonds is 1. The number of benzene rings is 1. The molecule has 1 nitrogen and oxygen atoms in total. The van der Waals surface area contributed by atoms with Crippen LogP contribution in [0.1, 0.15) is 12.5 Å². The van der Waals surface area contributed by atoms with Crippen LogP contribution in [-0.2, 0) is 6.42 Å². The van der Waals surface area contributed by atoms with E-state index in [1.54, 1.807) is 12.1 Å². The van der Waals surface area contributed by atoms with Gasteiger partial charge in [-0.1, -0.05) is 6.92 Å². The van der Waals surface area contributed by atoms with Crippen LogP contribution in [0, 0.1) is 5.82 Å². The van der Waals surface area contributed by atoms with Gasteiger partial charge in [-0.25, -0.2) is 4.39 Å². The van der Waals surface area contributed by atoms with Crippen molar-refractivity contribution in [2.45, 2.75) is 13.3 Å². The van der Waals surface area contributed by atoms with E-state index in [2.05, 4.69) is 15.9 Å². The third-order valence-corrected chi connectivity index (χ3v) is 2.10. The Balaban J connectivity index is 3.21. The molecule has 0 aliphatic rings. The van der Waals surface area contributed by atoms with Crippen LogP contribution in [0.5, 0.6) is 0 Å². The van der Waals surface area contributed by atoms with Gasteiger partial charge in [-0.2, -0.15) is 0 Å². The molecule has 0 aliphatic carbocycles. The van der Waals surface area contributed by atoms with Gasteiger partial charge in [0, 0.05) is 0 Å². The van der Waals surface area contributed by atoms with Gasteiger partial charge in [0.25, 0.3) is 0 Å². The molecule has 0 fully saturated rings. The number of aryl methyl sites for hydroxylation is 1. The summed E-state index contributed by atoms with van der Waals surface area (Å²) < 4.78 is 13.3. The lowest BCUT2D eigenvalue weighted by molar-refractivity contribution is 0.625. The highest BCUT2D eigenvalue weighted by Crippen LogP contribution is 2.22. The van der Waals surface area contributed by atoms with Gasteiger partial charge in [0.15, 0.2) is 5.82 Å². The predicted octanol–water partition coefficient (Wildman–Crippen LogP) is 2.73. The first-order valence-electron chi connectivity index (χ1n) is 3.38. The molecule has 0 saturated carbocycles. The highest BCUT2D eigenvalue weighted by molar-refractivity contribution is 9.10. The van der Waals surface area contributed by atoms with Crippen LogP contribution in [0.4, 0.5) is 10.1 Å². The summed E-state index contributed by atoms with van der Waals surface area (Å²) >= 11 is 3.08. The summed E-state index contributed by atoms with van der Waals surface area (Å²) in [5, 5.41) is 0. The average Bonchev–Trinajstić information content (AvgIpc) is 1.99. The standard InChI is InChI=1S/C8H9BrFN/c1-2-5-3-6(9)8(10)7(11)4-5/h3-4H,2,11H2,1H3. The summed E-state index contributed by atoms with van der Waals surface area (Å²) in [6.07, 6.45) is 0.864. The van der Waals surface area contributed by atoms with Crippen molar-refractivity contribution in [1.82, 2.24) is 0 Å². The molecule has 0 saturated heterocycles. The molecule has 0 amide bonds. The Hall–Kier alpha value is -0.570. The van der Waals surface area contributed by atoms with E-state index in [0.29, 0.717) is 4.47 Å². The van der Waals surface area contributed by atoms with E-state index in [9.17, 15) is 4.39 Å². The molecule has 1 aromatic rings. The summed E-state index contributed by atoms with van der Waals surface area (Å²) in [5.41, 5.74) is 6.63. The summed E-state index contributed by atoms with van der Waals surface area (Å²) in [6, 6.07) is 3.39. The fourth-order valence-electron chi connectivity index (χ4n) is 0.873. The van der Waals surface area contributed by atoms with Crippen molar-refractivity contribution in [3.8, 4) is 0 Å². The minimum absolute atomic E-state index is 0.205. The van der Waals surface area contributed by atoms with Gasteiger partial charge in [-0.05, 0) is 40.0 Å². The zero-order chi connectivity index (χ0) is 8.43. The number of hydrogen-bond donors (Lipinski definition) is 1. The van der Waals surface area contributed by atoms with E-state index in [1.165, 1.54) is 0 Å². The molecule has 11 heavy (non-hydrogen) atoms. The Morgan fingerprint density at radius 3 is 2.64 bits per heavy atom. The molecule has 60 valence electrons. The Morgan fingerprint density at radius 1 is 1.55 bits per heavy atom. The van der Waals surface area contributed by atoms with Crippen molar-refractivity contribution in [1.29, 1.82) is 0 Å². The number of nitrogen functional groups attached to an aromatic ring is 1. The van der Waals surface area contributed by atoms with Gasteiger partial charge in [-0.15, -0.1) is 0 Å². The molecule has 3 heteroatoms. The van der Waals surface area contributed by atoms with E-state index in [0.717, 1.165) is 12.0 Å². The second-order valence-electron chi connectivity index (χ2n) is 2.33. The molecule has 0 spiro atoms. The third-order valence-electron chi connectivity index (χ3n) is 1.52. The quantitative estimate of drug-likeness (QED) is 0.720. The van der Waals surface area contributed by atoms with Crippen molar-refractivity contribution in [3.05, 3.63) is 28.0 Å². The lowest BCUT2D eigenvalue weighted by Crippen LogP contribution is -1.93. The lowest BCUT2D eigenvalue weighted by Gasteiger charge is -2.02. The fourth-order valence-corrected chi connectivity index (χ4v) is 1.40. The van der Waals surface area contributed by atoms with Gasteiger partial charge < -0.3 is 5.73 Å². The van der Waals surface area contributed by atoms with Gasteiger partial charge in [0.1, 0.15) is 0 Å². The van der Waals surface area contributed by atoms with Gasteiger partial charge in [-0.3, -0.25) is 0 Å². The first kappa shape index (κ1) is 8.53. The average molecular weight is 218 g/mol. The minimum atomic E-state index is -0.373. The van der Waals surface area contributed by atoms with Crippen molar-refractivity contribution < 1.29 is 4.39 Å². The number of nitrogens with two attached hydrogens (primary N) is 1. The van der Waals surface area contributed by atoms with Gasteiger partial charge in [0.05, 0.1) is 10.2 Å². The summed E-state index contributed by atoms with van der Waals surface area (Å²) in [4.78, 5) is 0. The molecule has 0 radical (unpaired) electrons. The molecule has 0 atom stereocenters. The Morgan fingerprint density at radius 2 is 2.18 bits per heavy atom. The molecule has 1 aromatic carbocycles. The molecular formula is C8H9BrFN. The highest BCUT2D eigenvalue weighted by Gasteiger charge is 2.04. The van der Waals surface area contributed by atoms with E-state index in [1.807, 2.05) is 6.92 Å². The third kappa shape index (κ3) is 1.71. The SMILES string of the molecule is CCc1cc(N)c(F)c(Br)c1. The topological polar surface area (TPSA) is 26.0 Å². The zero-order valence-electron chi connectivity index (χ0n) is 6.20. The second-order valence-corrected chi connectivity index (χ2v) is 3.19. The van der Waals surface area contributed by atoms with Crippen molar-refractivity contribution in [3.63, 3.8) is 0 Å². The number of hydrogen-bond acceptors (Lipinski definition) is 1. The Labute approximate surface area is 73.5 Å². The van der Waals surface area contributed by atoms with Crippen molar-refractivity contribution >= 4 is 21.6 Å². The minimum Gasteiger partial charge on any atom is -0.396 e. The molecule has 0 aromatic heterocycles. The van der Waals surface area contributed by atoms with Gasteiger partial charge in [0.2, 0.25) is 0 Å².